The van der Waals surface area contributed by atoms with E-state index < -0.39 is 0 Å². The number of rotatable bonds is 4. The third-order valence-corrected chi connectivity index (χ3v) is 4.18. The molecule has 0 saturated carbocycles. The van der Waals surface area contributed by atoms with Crippen molar-refractivity contribution in [1.82, 2.24) is 20.2 Å². The van der Waals surface area contributed by atoms with Gasteiger partial charge in [-0.25, -0.2) is 0 Å². The topological polar surface area (TPSA) is 73.3 Å². The molecule has 0 aliphatic carbocycles. The summed E-state index contributed by atoms with van der Waals surface area (Å²) in [4.78, 5) is 10.5. The quantitative estimate of drug-likeness (QED) is 0.851. The Morgan fingerprint density at radius 3 is 2.76 bits per heavy atom. The van der Waals surface area contributed by atoms with Crippen LogP contribution in [0.5, 0.6) is 11.8 Å². The van der Waals surface area contributed by atoms with E-state index in [1.807, 2.05) is 6.92 Å². The molecule has 3 heterocycles. The Hall–Kier alpha value is -1.96. The lowest BCUT2D eigenvalue weighted by Crippen LogP contribution is -2.41. The Bertz CT molecular complexity index is 589. The van der Waals surface area contributed by atoms with Crippen molar-refractivity contribution in [3.8, 4) is 11.8 Å². The summed E-state index contributed by atoms with van der Waals surface area (Å²) in [6.07, 6.45) is 5.33. The summed E-state index contributed by atoms with van der Waals surface area (Å²) >= 11 is 1.61. The third-order valence-electron chi connectivity index (χ3n) is 3.28. The Balaban J connectivity index is 1.62. The van der Waals surface area contributed by atoms with Gasteiger partial charge >= 0.3 is 6.01 Å². The maximum atomic E-state index is 5.85. The van der Waals surface area contributed by atoms with E-state index in [9.17, 15) is 0 Å². The van der Waals surface area contributed by atoms with E-state index in [2.05, 4.69) is 25.1 Å². The highest BCUT2D eigenvalue weighted by atomic mass is 32.1. The van der Waals surface area contributed by atoms with E-state index in [-0.39, 0.29) is 6.10 Å². The first kappa shape index (κ1) is 14.0. The fourth-order valence-corrected chi connectivity index (χ4v) is 2.96. The SMILES string of the molecule is COc1cnc(OC2CCCN(c3nnc(C)s3)C2)nc1. The van der Waals surface area contributed by atoms with Crippen LogP contribution in [-0.4, -0.2) is 46.5 Å². The third kappa shape index (κ3) is 3.38. The first-order chi connectivity index (χ1) is 10.2. The Labute approximate surface area is 127 Å². The number of methoxy groups -OCH3 is 1. The molecular weight excluding hydrogens is 290 g/mol. The van der Waals surface area contributed by atoms with E-state index in [0.29, 0.717) is 11.8 Å². The summed E-state index contributed by atoms with van der Waals surface area (Å²) in [5.41, 5.74) is 0. The van der Waals surface area contributed by atoms with E-state index in [4.69, 9.17) is 9.47 Å². The second kappa shape index (κ2) is 6.21. The van der Waals surface area contributed by atoms with Crippen LogP contribution in [0.25, 0.3) is 0 Å². The summed E-state index contributed by atoms with van der Waals surface area (Å²) in [6.45, 7) is 3.73. The van der Waals surface area contributed by atoms with Crippen molar-refractivity contribution in [2.75, 3.05) is 25.1 Å². The number of nitrogens with zero attached hydrogens (tertiary/aromatic N) is 5. The smallest absolute Gasteiger partial charge is 0.316 e. The van der Waals surface area contributed by atoms with Gasteiger partial charge in [-0.05, 0) is 19.8 Å². The van der Waals surface area contributed by atoms with Crippen LogP contribution in [0.15, 0.2) is 12.4 Å². The number of piperidine rings is 1. The fraction of sp³-hybridized carbons (Fsp3) is 0.538. The minimum Gasteiger partial charge on any atom is -0.494 e. The maximum absolute atomic E-state index is 5.85. The molecule has 0 N–H and O–H groups in total. The van der Waals surface area contributed by atoms with Gasteiger partial charge in [-0.3, -0.25) is 0 Å². The Morgan fingerprint density at radius 2 is 2.10 bits per heavy atom. The molecule has 1 fully saturated rings. The van der Waals surface area contributed by atoms with Crippen LogP contribution in [0.3, 0.4) is 0 Å². The number of hydrogen-bond donors (Lipinski definition) is 0. The van der Waals surface area contributed by atoms with E-state index in [1.54, 1.807) is 30.8 Å². The molecule has 1 unspecified atom stereocenters. The normalized spacial score (nSPS) is 18.6. The monoisotopic (exact) mass is 307 g/mol. The Kier molecular flexibility index (Phi) is 4.14. The molecule has 2 aromatic heterocycles. The summed E-state index contributed by atoms with van der Waals surface area (Å²) in [7, 11) is 1.59. The van der Waals surface area contributed by atoms with Gasteiger partial charge in [0.25, 0.3) is 0 Å². The molecule has 21 heavy (non-hydrogen) atoms. The van der Waals surface area contributed by atoms with Crippen molar-refractivity contribution in [2.45, 2.75) is 25.9 Å². The standard InChI is InChI=1S/C13H17N5O2S/c1-9-16-17-13(21-9)18-5-3-4-10(8-18)20-12-14-6-11(19-2)7-15-12/h6-7,10H,3-5,8H2,1-2H3. The van der Waals surface area contributed by atoms with E-state index in [0.717, 1.165) is 36.1 Å². The minimum atomic E-state index is 0.0661. The van der Waals surface area contributed by atoms with Crippen LogP contribution in [0, 0.1) is 6.92 Å². The lowest BCUT2D eigenvalue weighted by atomic mass is 10.1. The van der Waals surface area contributed by atoms with Gasteiger partial charge in [-0.2, -0.15) is 9.97 Å². The van der Waals surface area contributed by atoms with Crippen molar-refractivity contribution in [3.63, 3.8) is 0 Å². The highest BCUT2D eigenvalue weighted by Crippen LogP contribution is 2.24. The molecule has 1 atom stereocenters. The average molecular weight is 307 g/mol. The van der Waals surface area contributed by atoms with Crippen LogP contribution in [0.1, 0.15) is 17.8 Å². The first-order valence-corrected chi connectivity index (χ1v) is 7.64. The molecule has 1 saturated heterocycles. The van der Waals surface area contributed by atoms with Crippen molar-refractivity contribution in [2.24, 2.45) is 0 Å². The van der Waals surface area contributed by atoms with Crippen molar-refractivity contribution in [1.29, 1.82) is 0 Å². The van der Waals surface area contributed by atoms with Gasteiger partial charge in [0.2, 0.25) is 5.13 Å². The number of ether oxygens (including phenoxy) is 2. The van der Waals surface area contributed by atoms with E-state index >= 15 is 0 Å². The lowest BCUT2D eigenvalue weighted by molar-refractivity contribution is 0.164. The molecule has 7 nitrogen and oxygen atoms in total. The molecule has 0 bridgehead atoms. The van der Waals surface area contributed by atoms with Crippen LogP contribution >= 0.6 is 11.3 Å². The Morgan fingerprint density at radius 1 is 1.29 bits per heavy atom. The van der Waals surface area contributed by atoms with Gasteiger partial charge in [-0.15, -0.1) is 10.2 Å². The van der Waals surface area contributed by atoms with E-state index in [1.165, 1.54) is 0 Å². The predicted octanol–water partition coefficient (Wildman–Crippen LogP) is 1.69. The highest BCUT2D eigenvalue weighted by Gasteiger charge is 2.24. The second-order valence-corrected chi connectivity index (χ2v) is 6.00. The number of aromatic nitrogens is 4. The van der Waals surface area contributed by atoms with Gasteiger partial charge in [0.1, 0.15) is 11.1 Å². The van der Waals surface area contributed by atoms with Crippen molar-refractivity contribution in [3.05, 3.63) is 17.4 Å². The zero-order valence-electron chi connectivity index (χ0n) is 12.0. The first-order valence-electron chi connectivity index (χ1n) is 6.82. The van der Waals surface area contributed by atoms with Gasteiger partial charge in [0, 0.05) is 6.54 Å². The predicted molar refractivity (Wildman–Crippen MR) is 79.1 cm³/mol. The van der Waals surface area contributed by atoms with Crippen LogP contribution in [0.2, 0.25) is 0 Å². The molecular formula is C13H17N5O2S. The summed E-state index contributed by atoms with van der Waals surface area (Å²) in [6, 6.07) is 0.385. The molecule has 2 aromatic rings. The average Bonchev–Trinajstić information content (AvgIpc) is 2.95. The summed E-state index contributed by atoms with van der Waals surface area (Å²) in [5.74, 6) is 0.622. The molecule has 1 aliphatic heterocycles. The maximum Gasteiger partial charge on any atom is 0.316 e. The van der Waals surface area contributed by atoms with Crippen LogP contribution in [-0.2, 0) is 0 Å². The molecule has 1 aliphatic rings. The molecule has 3 rings (SSSR count). The van der Waals surface area contributed by atoms with Crippen molar-refractivity contribution < 1.29 is 9.47 Å². The number of anilines is 1. The zero-order valence-corrected chi connectivity index (χ0v) is 12.8. The molecule has 112 valence electrons. The van der Waals surface area contributed by atoms with Gasteiger partial charge < -0.3 is 14.4 Å². The second-order valence-electron chi connectivity index (χ2n) is 4.84. The summed E-state index contributed by atoms with van der Waals surface area (Å²) < 4.78 is 10.9. The van der Waals surface area contributed by atoms with Crippen LogP contribution in [0.4, 0.5) is 5.13 Å². The molecule has 0 radical (unpaired) electrons. The van der Waals surface area contributed by atoms with Crippen LogP contribution < -0.4 is 14.4 Å². The van der Waals surface area contributed by atoms with Gasteiger partial charge in [0.15, 0.2) is 5.75 Å². The largest absolute Gasteiger partial charge is 0.494 e. The molecule has 8 heteroatoms. The fourth-order valence-electron chi connectivity index (χ4n) is 2.24. The summed E-state index contributed by atoms with van der Waals surface area (Å²) in [5, 5.41) is 10.2. The lowest BCUT2D eigenvalue weighted by Gasteiger charge is -2.31. The number of aryl methyl sites for hydroxylation is 1. The highest BCUT2D eigenvalue weighted by molar-refractivity contribution is 7.15. The molecule has 0 amide bonds. The molecule has 0 aromatic carbocycles. The van der Waals surface area contributed by atoms with Gasteiger partial charge in [-0.1, -0.05) is 11.3 Å². The van der Waals surface area contributed by atoms with Crippen molar-refractivity contribution >= 4 is 16.5 Å². The number of hydrogen-bond acceptors (Lipinski definition) is 8. The van der Waals surface area contributed by atoms with Gasteiger partial charge in [0.05, 0.1) is 26.0 Å². The zero-order chi connectivity index (χ0) is 14.7. The molecule has 0 spiro atoms. The minimum absolute atomic E-state index is 0.0661.